The van der Waals surface area contributed by atoms with Crippen molar-refractivity contribution in [3.8, 4) is 0 Å². The minimum absolute atomic E-state index is 0.0309. The molecule has 0 N–H and O–H groups in total. The topological polar surface area (TPSA) is 51.3 Å². The molecule has 122 valence electrons. The van der Waals surface area contributed by atoms with Gasteiger partial charge in [0.1, 0.15) is 5.76 Å². The molecule has 5 nitrogen and oxygen atoms in total. The van der Waals surface area contributed by atoms with Crippen molar-refractivity contribution in [2.45, 2.75) is 45.1 Å². The summed E-state index contributed by atoms with van der Waals surface area (Å²) in [5.74, 6) is 1.77. The Labute approximate surface area is 135 Å². The van der Waals surface area contributed by atoms with Gasteiger partial charge in [0.05, 0.1) is 6.20 Å². The third-order valence-electron chi connectivity index (χ3n) is 4.98. The van der Waals surface area contributed by atoms with Gasteiger partial charge >= 0.3 is 0 Å². The summed E-state index contributed by atoms with van der Waals surface area (Å²) in [4.78, 5) is 18.8. The predicted molar refractivity (Wildman–Crippen MR) is 89.0 cm³/mol. The molecule has 2 bridgehead atoms. The van der Waals surface area contributed by atoms with Crippen LogP contribution in [-0.4, -0.2) is 22.6 Å². The summed E-state index contributed by atoms with van der Waals surface area (Å²) in [6.07, 6.45) is 2.99. The summed E-state index contributed by atoms with van der Waals surface area (Å²) < 4.78 is 7.96. The van der Waals surface area contributed by atoms with Gasteiger partial charge in [-0.05, 0) is 18.4 Å². The van der Waals surface area contributed by atoms with Gasteiger partial charge in [0.2, 0.25) is 0 Å². The van der Waals surface area contributed by atoms with Gasteiger partial charge in [0, 0.05) is 42.7 Å². The summed E-state index contributed by atoms with van der Waals surface area (Å²) in [6, 6.07) is 6.33. The van der Waals surface area contributed by atoms with Crippen LogP contribution in [0.5, 0.6) is 0 Å². The highest BCUT2D eigenvalue weighted by Gasteiger charge is 2.36. The van der Waals surface area contributed by atoms with Crippen molar-refractivity contribution in [2.75, 3.05) is 18.0 Å². The maximum atomic E-state index is 12.1. The molecular weight excluding hydrogens is 290 g/mol. The van der Waals surface area contributed by atoms with Crippen LogP contribution in [0.15, 0.2) is 33.6 Å². The summed E-state index contributed by atoms with van der Waals surface area (Å²) in [7, 11) is 0. The molecule has 0 aliphatic carbocycles. The van der Waals surface area contributed by atoms with Gasteiger partial charge < -0.3 is 13.9 Å². The van der Waals surface area contributed by atoms with E-state index in [9.17, 15) is 4.79 Å². The Kier molecular flexibility index (Phi) is 3.15. The SMILES string of the molecule is CC(C)(C)c1cnc(N2C[C@@H]3C[C@H](C2)c2cccc(=O)n2C3)o1. The molecular formula is C18H23N3O2. The number of fused-ring (bicyclic) bond motifs is 4. The standard InChI is InChI=1S/C18H23N3O2/c1-18(2,3)15-8-19-17(23-15)20-9-12-7-13(11-20)14-5-4-6-16(22)21(14)10-12/h4-6,8,12-13H,7,9-11H2,1-3H3/t12-,13+/m0/s1. The highest BCUT2D eigenvalue weighted by molar-refractivity contribution is 5.32. The van der Waals surface area contributed by atoms with Crippen molar-refractivity contribution in [1.82, 2.24) is 9.55 Å². The number of anilines is 1. The average Bonchev–Trinajstić information content (AvgIpc) is 2.98. The predicted octanol–water partition coefficient (Wildman–Crippen LogP) is 2.76. The second kappa shape index (κ2) is 4.98. The lowest BCUT2D eigenvalue weighted by atomic mass is 9.83. The van der Waals surface area contributed by atoms with E-state index in [4.69, 9.17) is 4.42 Å². The molecule has 23 heavy (non-hydrogen) atoms. The molecule has 1 saturated heterocycles. The minimum Gasteiger partial charge on any atom is -0.428 e. The molecule has 1 fully saturated rings. The average molecular weight is 313 g/mol. The first-order valence-corrected chi connectivity index (χ1v) is 8.33. The number of aromatic nitrogens is 2. The molecule has 0 saturated carbocycles. The van der Waals surface area contributed by atoms with Gasteiger partial charge in [-0.15, -0.1) is 0 Å². The van der Waals surface area contributed by atoms with Crippen molar-refractivity contribution in [2.24, 2.45) is 5.92 Å². The Bertz CT molecular complexity index is 784. The van der Waals surface area contributed by atoms with Crippen LogP contribution in [0.1, 0.15) is 44.6 Å². The monoisotopic (exact) mass is 313 g/mol. The van der Waals surface area contributed by atoms with Crippen LogP contribution in [-0.2, 0) is 12.0 Å². The van der Waals surface area contributed by atoms with E-state index in [0.29, 0.717) is 11.8 Å². The minimum atomic E-state index is -0.0309. The third kappa shape index (κ3) is 2.48. The van der Waals surface area contributed by atoms with Gasteiger partial charge in [-0.25, -0.2) is 4.98 Å². The lowest BCUT2D eigenvalue weighted by molar-refractivity contribution is 0.271. The van der Waals surface area contributed by atoms with E-state index < -0.39 is 0 Å². The zero-order valence-electron chi connectivity index (χ0n) is 14.0. The number of hydrogen-bond donors (Lipinski definition) is 0. The summed E-state index contributed by atoms with van der Waals surface area (Å²) in [6.45, 7) is 8.96. The Hall–Kier alpha value is -2.04. The first-order valence-electron chi connectivity index (χ1n) is 8.33. The second-order valence-electron chi connectivity index (χ2n) is 7.86. The number of oxazole rings is 1. The summed E-state index contributed by atoms with van der Waals surface area (Å²) in [5.41, 5.74) is 1.24. The molecule has 2 aliphatic rings. The van der Waals surface area contributed by atoms with Crippen LogP contribution in [0.2, 0.25) is 0 Å². The van der Waals surface area contributed by atoms with Crippen LogP contribution >= 0.6 is 0 Å². The fraction of sp³-hybridized carbons (Fsp3) is 0.556. The van der Waals surface area contributed by atoms with Crippen molar-refractivity contribution >= 4 is 6.01 Å². The number of piperidine rings is 1. The number of hydrogen-bond acceptors (Lipinski definition) is 4. The zero-order valence-corrected chi connectivity index (χ0v) is 14.0. The molecule has 2 aromatic heterocycles. The van der Waals surface area contributed by atoms with Crippen LogP contribution in [0.3, 0.4) is 0 Å². The molecule has 0 spiro atoms. The molecule has 2 aliphatic heterocycles. The molecule has 2 atom stereocenters. The highest BCUT2D eigenvalue weighted by atomic mass is 16.4. The molecule has 4 rings (SSSR count). The molecule has 0 unspecified atom stereocenters. The largest absolute Gasteiger partial charge is 0.428 e. The van der Waals surface area contributed by atoms with Crippen molar-refractivity contribution in [3.05, 3.63) is 46.2 Å². The van der Waals surface area contributed by atoms with Gasteiger partial charge in [-0.3, -0.25) is 4.79 Å². The van der Waals surface area contributed by atoms with E-state index in [0.717, 1.165) is 43.5 Å². The lowest BCUT2D eigenvalue weighted by Gasteiger charge is -2.42. The quantitative estimate of drug-likeness (QED) is 0.812. The maximum Gasteiger partial charge on any atom is 0.297 e. The van der Waals surface area contributed by atoms with E-state index >= 15 is 0 Å². The van der Waals surface area contributed by atoms with E-state index in [1.165, 1.54) is 0 Å². The van der Waals surface area contributed by atoms with Gasteiger partial charge in [0.15, 0.2) is 0 Å². The molecule has 0 amide bonds. The van der Waals surface area contributed by atoms with Crippen molar-refractivity contribution in [1.29, 1.82) is 0 Å². The maximum absolute atomic E-state index is 12.1. The fourth-order valence-corrected chi connectivity index (χ4v) is 3.81. The molecule has 2 aromatic rings. The molecule has 5 heteroatoms. The van der Waals surface area contributed by atoms with Crippen molar-refractivity contribution < 1.29 is 4.42 Å². The van der Waals surface area contributed by atoms with Crippen LogP contribution in [0, 0.1) is 5.92 Å². The smallest absolute Gasteiger partial charge is 0.297 e. The number of pyridine rings is 1. The molecule has 0 radical (unpaired) electrons. The molecule has 4 heterocycles. The lowest BCUT2D eigenvalue weighted by Crippen LogP contribution is -2.47. The van der Waals surface area contributed by atoms with Gasteiger partial charge in [-0.1, -0.05) is 26.8 Å². The third-order valence-corrected chi connectivity index (χ3v) is 4.98. The Morgan fingerprint density at radius 3 is 2.78 bits per heavy atom. The first kappa shape index (κ1) is 14.5. The van der Waals surface area contributed by atoms with Crippen LogP contribution < -0.4 is 10.5 Å². The Balaban J connectivity index is 1.64. The normalized spacial score (nSPS) is 23.7. The Morgan fingerprint density at radius 2 is 2.04 bits per heavy atom. The van der Waals surface area contributed by atoms with E-state index in [2.05, 4.69) is 36.7 Å². The van der Waals surface area contributed by atoms with E-state index in [1.54, 1.807) is 6.07 Å². The first-order chi connectivity index (χ1) is 10.9. The van der Waals surface area contributed by atoms with E-state index in [1.807, 2.05) is 16.8 Å². The van der Waals surface area contributed by atoms with Crippen molar-refractivity contribution in [3.63, 3.8) is 0 Å². The molecule has 0 aromatic carbocycles. The van der Waals surface area contributed by atoms with E-state index in [-0.39, 0.29) is 11.0 Å². The second-order valence-corrected chi connectivity index (χ2v) is 7.86. The van der Waals surface area contributed by atoms with Gasteiger partial charge in [-0.2, -0.15) is 0 Å². The number of rotatable bonds is 1. The van der Waals surface area contributed by atoms with Crippen LogP contribution in [0.4, 0.5) is 6.01 Å². The highest BCUT2D eigenvalue weighted by Crippen LogP contribution is 2.37. The zero-order chi connectivity index (χ0) is 16.2. The number of nitrogens with zero attached hydrogens (tertiary/aromatic N) is 3. The fourth-order valence-electron chi connectivity index (χ4n) is 3.81. The van der Waals surface area contributed by atoms with Gasteiger partial charge in [0.25, 0.3) is 11.6 Å². The van der Waals surface area contributed by atoms with Crippen LogP contribution in [0.25, 0.3) is 0 Å². The Morgan fingerprint density at radius 1 is 1.22 bits per heavy atom. The summed E-state index contributed by atoms with van der Waals surface area (Å²) >= 11 is 0. The summed E-state index contributed by atoms with van der Waals surface area (Å²) in [5, 5.41) is 0.